The summed E-state index contributed by atoms with van der Waals surface area (Å²) in [6.07, 6.45) is 4.26. The van der Waals surface area contributed by atoms with E-state index < -0.39 is 0 Å². The maximum Gasteiger partial charge on any atom is 0.251 e. The van der Waals surface area contributed by atoms with Crippen molar-refractivity contribution in [3.63, 3.8) is 0 Å². The van der Waals surface area contributed by atoms with Crippen LogP contribution in [0.25, 0.3) is 0 Å². The summed E-state index contributed by atoms with van der Waals surface area (Å²) in [6, 6.07) is 3.47. The summed E-state index contributed by atoms with van der Waals surface area (Å²) in [5.41, 5.74) is 6.52. The molecule has 0 aromatic carbocycles. The highest BCUT2D eigenvalue weighted by Crippen LogP contribution is 2.21. The number of pyridine rings is 1. The first kappa shape index (κ1) is 13.1. The van der Waals surface area contributed by atoms with Gasteiger partial charge in [-0.15, -0.1) is 0 Å². The van der Waals surface area contributed by atoms with Crippen molar-refractivity contribution in [2.75, 3.05) is 18.0 Å². The third kappa shape index (κ3) is 3.10. The third-order valence-electron chi connectivity index (χ3n) is 3.44. The first-order valence-electron chi connectivity index (χ1n) is 6.30. The third-order valence-corrected chi connectivity index (χ3v) is 3.57. The molecular weight excluding hydrogens is 246 g/mol. The molecule has 2 rings (SSSR count). The van der Waals surface area contributed by atoms with Gasteiger partial charge in [0.05, 0.1) is 17.2 Å². The Morgan fingerprint density at radius 2 is 2.11 bits per heavy atom. The van der Waals surface area contributed by atoms with E-state index >= 15 is 0 Å². The quantitative estimate of drug-likeness (QED) is 0.839. The number of nitrogens with two attached hydrogens (primary N) is 1. The second-order valence-electron chi connectivity index (χ2n) is 4.99. The van der Waals surface area contributed by atoms with E-state index in [0.29, 0.717) is 11.5 Å². The zero-order valence-corrected chi connectivity index (χ0v) is 11.4. The van der Waals surface area contributed by atoms with Gasteiger partial charge in [-0.2, -0.15) is 0 Å². The fourth-order valence-electron chi connectivity index (χ4n) is 2.26. The van der Waals surface area contributed by atoms with Gasteiger partial charge in [0.1, 0.15) is 0 Å². The van der Waals surface area contributed by atoms with Crippen LogP contribution >= 0.6 is 12.2 Å². The first-order chi connectivity index (χ1) is 8.56. The van der Waals surface area contributed by atoms with Gasteiger partial charge < -0.3 is 15.2 Å². The average Bonchev–Trinajstić information content (AvgIpc) is 2.32. The lowest BCUT2D eigenvalue weighted by Crippen LogP contribution is -2.34. The van der Waals surface area contributed by atoms with Crippen LogP contribution in [0, 0.1) is 5.92 Å². The Bertz CT molecular complexity index is 489. The zero-order valence-electron chi connectivity index (χ0n) is 10.6. The number of hydrogen-bond acceptors (Lipinski definition) is 3. The Hall–Kier alpha value is -1.36. The lowest BCUT2D eigenvalue weighted by molar-refractivity contribution is 0.438. The van der Waals surface area contributed by atoms with E-state index in [9.17, 15) is 4.79 Å². The normalized spacial score (nSPS) is 16.8. The van der Waals surface area contributed by atoms with E-state index in [4.69, 9.17) is 18.0 Å². The van der Waals surface area contributed by atoms with E-state index in [1.807, 2.05) is 12.3 Å². The van der Waals surface area contributed by atoms with Crippen molar-refractivity contribution in [2.45, 2.75) is 26.3 Å². The molecule has 1 saturated heterocycles. The van der Waals surface area contributed by atoms with E-state index in [2.05, 4.69) is 11.8 Å². The number of aromatic nitrogens is 1. The van der Waals surface area contributed by atoms with Crippen molar-refractivity contribution in [2.24, 2.45) is 11.7 Å². The van der Waals surface area contributed by atoms with Gasteiger partial charge in [-0.3, -0.25) is 4.79 Å². The van der Waals surface area contributed by atoms with Gasteiger partial charge in [0, 0.05) is 25.4 Å². The van der Waals surface area contributed by atoms with Gasteiger partial charge in [-0.25, -0.2) is 0 Å². The highest BCUT2D eigenvalue weighted by Gasteiger charge is 2.16. The molecule has 4 nitrogen and oxygen atoms in total. The molecule has 0 spiro atoms. The highest BCUT2D eigenvalue weighted by molar-refractivity contribution is 7.80. The van der Waals surface area contributed by atoms with Crippen LogP contribution in [0.4, 0.5) is 5.69 Å². The molecule has 0 aliphatic carbocycles. The van der Waals surface area contributed by atoms with Gasteiger partial charge in [-0.1, -0.05) is 19.1 Å². The Kier molecular flexibility index (Phi) is 4.01. The maximum atomic E-state index is 11.7. The molecule has 0 amide bonds. The summed E-state index contributed by atoms with van der Waals surface area (Å²) >= 11 is 4.86. The van der Waals surface area contributed by atoms with Crippen molar-refractivity contribution < 1.29 is 0 Å². The Morgan fingerprint density at radius 1 is 1.44 bits per heavy atom. The van der Waals surface area contributed by atoms with Gasteiger partial charge in [0.15, 0.2) is 0 Å². The molecule has 0 unspecified atom stereocenters. The number of rotatable bonds is 3. The predicted octanol–water partition coefficient (Wildman–Crippen LogP) is 1.37. The number of hydrogen-bond donors (Lipinski definition) is 1. The minimum absolute atomic E-state index is 0.0584. The second-order valence-corrected chi connectivity index (χ2v) is 5.51. The molecule has 1 aliphatic heterocycles. The van der Waals surface area contributed by atoms with Gasteiger partial charge >= 0.3 is 0 Å². The van der Waals surface area contributed by atoms with Crippen LogP contribution in [0.15, 0.2) is 23.1 Å². The predicted molar refractivity (Wildman–Crippen MR) is 78.1 cm³/mol. The summed E-state index contributed by atoms with van der Waals surface area (Å²) in [5, 5.41) is 0. The molecule has 2 N–H and O–H groups in total. The van der Waals surface area contributed by atoms with Crippen LogP contribution < -0.4 is 16.2 Å². The zero-order chi connectivity index (χ0) is 13.1. The molecule has 1 fully saturated rings. The smallest absolute Gasteiger partial charge is 0.251 e. The summed E-state index contributed by atoms with van der Waals surface area (Å²) in [4.78, 5) is 14.3. The van der Waals surface area contributed by atoms with Crippen molar-refractivity contribution in [3.8, 4) is 0 Å². The molecule has 1 aliphatic rings. The average molecular weight is 265 g/mol. The minimum Gasteiger partial charge on any atom is -0.392 e. The Labute approximate surface area is 112 Å². The molecule has 0 radical (unpaired) electrons. The van der Waals surface area contributed by atoms with Crippen LogP contribution in [-0.2, 0) is 6.54 Å². The Morgan fingerprint density at radius 3 is 2.72 bits per heavy atom. The van der Waals surface area contributed by atoms with Crippen LogP contribution in [0.1, 0.15) is 19.8 Å². The van der Waals surface area contributed by atoms with Gasteiger partial charge in [0.25, 0.3) is 5.56 Å². The van der Waals surface area contributed by atoms with Crippen molar-refractivity contribution in [3.05, 3.63) is 28.7 Å². The topological polar surface area (TPSA) is 51.3 Å². The lowest BCUT2D eigenvalue weighted by Gasteiger charge is -2.32. The van der Waals surface area contributed by atoms with Crippen LogP contribution in [-0.4, -0.2) is 22.6 Å². The Balaban J connectivity index is 2.18. The summed E-state index contributed by atoms with van der Waals surface area (Å²) in [7, 11) is 0. The molecule has 0 bridgehead atoms. The molecule has 98 valence electrons. The minimum atomic E-state index is -0.0584. The summed E-state index contributed by atoms with van der Waals surface area (Å²) in [5.74, 6) is 0.795. The summed E-state index contributed by atoms with van der Waals surface area (Å²) in [6.45, 7) is 4.69. The monoisotopic (exact) mass is 265 g/mol. The molecule has 18 heavy (non-hydrogen) atoms. The maximum absolute atomic E-state index is 11.7. The largest absolute Gasteiger partial charge is 0.392 e. The van der Waals surface area contributed by atoms with Crippen LogP contribution in [0.3, 0.4) is 0 Å². The van der Waals surface area contributed by atoms with E-state index in [1.54, 1.807) is 10.6 Å². The van der Waals surface area contributed by atoms with Crippen LogP contribution in [0.5, 0.6) is 0 Å². The molecule has 5 heteroatoms. The molecule has 0 atom stereocenters. The second kappa shape index (κ2) is 5.52. The van der Waals surface area contributed by atoms with E-state index in [0.717, 1.165) is 24.7 Å². The molecule has 0 saturated carbocycles. The van der Waals surface area contributed by atoms with Crippen molar-refractivity contribution in [1.29, 1.82) is 0 Å². The number of piperidine rings is 1. The van der Waals surface area contributed by atoms with Crippen LogP contribution in [0.2, 0.25) is 0 Å². The van der Waals surface area contributed by atoms with Gasteiger partial charge in [0.2, 0.25) is 0 Å². The van der Waals surface area contributed by atoms with Crippen molar-refractivity contribution >= 4 is 22.9 Å². The fourth-order valence-corrected chi connectivity index (χ4v) is 2.40. The lowest BCUT2D eigenvalue weighted by atomic mass is 9.99. The number of nitrogens with zero attached hydrogens (tertiary/aromatic N) is 2. The van der Waals surface area contributed by atoms with E-state index in [1.165, 1.54) is 12.8 Å². The molecular formula is C13H19N3OS. The molecule has 1 aromatic rings. The number of thiocarbonyl (C=S) groups is 1. The summed E-state index contributed by atoms with van der Waals surface area (Å²) < 4.78 is 1.58. The van der Waals surface area contributed by atoms with E-state index in [-0.39, 0.29) is 5.56 Å². The fraction of sp³-hybridized carbons (Fsp3) is 0.538. The highest BCUT2D eigenvalue weighted by atomic mass is 32.1. The molecule has 2 heterocycles. The van der Waals surface area contributed by atoms with Crippen molar-refractivity contribution in [1.82, 2.24) is 4.57 Å². The molecule has 1 aromatic heterocycles. The standard InChI is InChI=1S/C13H19N3OS/c1-10-4-6-15(7-5-10)11-2-3-13(17)16(8-11)9-12(14)18/h2-3,8,10H,4-7,9H2,1H3,(H2,14,18). The number of anilines is 1. The SMILES string of the molecule is CC1CCN(c2ccc(=O)n(CC(N)=S)c2)CC1. The first-order valence-corrected chi connectivity index (χ1v) is 6.71. The van der Waals surface area contributed by atoms with Gasteiger partial charge in [-0.05, 0) is 24.8 Å².